The maximum Gasteiger partial charge on any atom is 0.343 e. The molecule has 3 aromatic rings. The molecule has 0 atom stereocenters. The number of unbranched alkanes of at least 4 members (excludes halogenated alkanes) is 8. The number of amides is 1. The van der Waals surface area contributed by atoms with Gasteiger partial charge in [-0.3, -0.25) is 4.79 Å². The summed E-state index contributed by atoms with van der Waals surface area (Å²) in [7, 11) is 0. The van der Waals surface area contributed by atoms with Crippen molar-refractivity contribution >= 4 is 28.9 Å². The summed E-state index contributed by atoms with van der Waals surface area (Å²) in [5.74, 6) is -0.147. The number of carbonyl (C=O) groups is 2. The number of hydrogen-bond donors (Lipinski definition) is 1. The van der Waals surface area contributed by atoms with Crippen LogP contribution in [0.5, 0.6) is 5.75 Å². The van der Waals surface area contributed by atoms with Gasteiger partial charge < -0.3 is 4.74 Å². The van der Waals surface area contributed by atoms with Gasteiger partial charge in [-0.1, -0.05) is 107 Å². The molecule has 35 heavy (non-hydrogen) atoms. The highest BCUT2D eigenvalue weighted by Crippen LogP contribution is 2.27. The standard InChI is InChI=1S/C30H36N2O3/c1-2-3-4-5-6-7-8-9-13-20-29(33)32-31-23-27-26-19-15-14-16-24(26)21-22-28(27)35-30(34)25-17-11-10-12-18-25/h10-12,14-19,21-23H,2-9,13,20H2,1H3,(H,32,33)/b31-23-. The normalized spacial score (nSPS) is 11.1. The van der Waals surface area contributed by atoms with Gasteiger partial charge in [-0.05, 0) is 35.4 Å². The van der Waals surface area contributed by atoms with E-state index in [0.29, 0.717) is 23.3 Å². The Kier molecular flexibility index (Phi) is 11.0. The minimum absolute atomic E-state index is 0.104. The minimum Gasteiger partial charge on any atom is -0.422 e. The van der Waals surface area contributed by atoms with Gasteiger partial charge in [-0.15, -0.1) is 0 Å². The molecule has 0 fully saturated rings. The number of carbonyl (C=O) groups excluding carboxylic acids is 2. The molecule has 0 aliphatic rings. The smallest absolute Gasteiger partial charge is 0.343 e. The summed E-state index contributed by atoms with van der Waals surface area (Å²) in [5, 5.41) is 6.06. The second-order valence-corrected chi connectivity index (χ2v) is 8.83. The molecule has 3 aromatic carbocycles. The van der Waals surface area contributed by atoms with Crippen LogP contribution >= 0.6 is 0 Å². The summed E-state index contributed by atoms with van der Waals surface area (Å²) in [5.41, 5.74) is 3.74. The van der Waals surface area contributed by atoms with Gasteiger partial charge in [0.2, 0.25) is 5.91 Å². The molecule has 0 aromatic heterocycles. The average Bonchev–Trinajstić information content (AvgIpc) is 2.89. The molecule has 1 amide bonds. The SMILES string of the molecule is CCCCCCCCCCCC(=O)N/N=C\c1c(OC(=O)c2ccccc2)ccc2ccccc12. The predicted octanol–water partition coefficient (Wildman–Crippen LogP) is 7.43. The number of fused-ring (bicyclic) bond motifs is 1. The highest BCUT2D eigenvalue weighted by molar-refractivity contribution is 6.04. The minimum atomic E-state index is -0.440. The van der Waals surface area contributed by atoms with Gasteiger partial charge in [0.25, 0.3) is 0 Å². The number of benzene rings is 3. The van der Waals surface area contributed by atoms with Crippen LogP contribution in [0.15, 0.2) is 71.8 Å². The number of hydrazone groups is 1. The quantitative estimate of drug-likeness (QED) is 0.0872. The fourth-order valence-corrected chi connectivity index (χ4v) is 4.05. The van der Waals surface area contributed by atoms with E-state index >= 15 is 0 Å². The van der Waals surface area contributed by atoms with Crippen LogP contribution in [0, 0.1) is 0 Å². The maximum absolute atomic E-state index is 12.6. The van der Waals surface area contributed by atoms with Crippen LogP contribution in [-0.2, 0) is 4.79 Å². The van der Waals surface area contributed by atoms with Crippen molar-refractivity contribution in [3.05, 3.63) is 77.9 Å². The Hall–Kier alpha value is -3.47. The summed E-state index contributed by atoms with van der Waals surface area (Å²) in [6, 6.07) is 20.3. The van der Waals surface area contributed by atoms with E-state index in [-0.39, 0.29) is 5.91 Å². The van der Waals surface area contributed by atoms with Crippen molar-refractivity contribution in [2.75, 3.05) is 0 Å². The molecule has 0 spiro atoms. The Morgan fingerprint density at radius 1 is 0.800 bits per heavy atom. The summed E-state index contributed by atoms with van der Waals surface area (Å²) < 4.78 is 5.69. The van der Waals surface area contributed by atoms with E-state index in [1.165, 1.54) is 44.9 Å². The van der Waals surface area contributed by atoms with E-state index in [4.69, 9.17) is 4.74 Å². The van der Waals surface area contributed by atoms with Crippen molar-refractivity contribution in [2.24, 2.45) is 5.10 Å². The molecule has 1 N–H and O–H groups in total. The molecular weight excluding hydrogens is 436 g/mol. The monoisotopic (exact) mass is 472 g/mol. The molecule has 0 aliphatic heterocycles. The van der Waals surface area contributed by atoms with Gasteiger partial charge in [0.15, 0.2) is 0 Å². The van der Waals surface area contributed by atoms with Crippen LogP contribution in [0.25, 0.3) is 10.8 Å². The Bertz CT molecular complexity index is 1110. The lowest BCUT2D eigenvalue weighted by Gasteiger charge is -2.10. The number of esters is 1. The lowest BCUT2D eigenvalue weighted by Crippen LogP contribution is -2.17. The zero-order valence-electron chi connectivity index (χ0n) is 20.7. The molecule has 5 heteroatoms. The fraction of sp³-hybridized carbons (Fsp3) is 0.367. The van der Waals surface area contributed by atoms with Gasteiger partial charge >= 0.3 is 5.97 Å². The predicted molar refractivity (Wildman–Crippen MR) is 143 cm³/mol. The van der Waals surface area contributed by atoms with Crippen molar-refractivity contribution in [3.8, 4) is 5.75 Å². The Labute approximate surface area is 208 Å². The molecule has 0 saturated carbocycles. The van der Waals surface area contributed by atoms with Crippen molar-refractivity contribution < 1.29 is 14.3 Å². The molecule has 0 bridgehead atoms. The van der Waals surface area contributed by atoms with Crippen LogP contribution in [0.1, 0.15) is 87.1 Å². The summed E-state index contributed by atoms with van der Waals surface area (Å²) in [4.78, 5) is 24.8. The molecule has 184 valence electrons. The van der Waals surface area contributed by atoms with Crippen molar-refractivity contribution in [2.45, 2.75) is 71.1 Å². The summed E-state index contributed by atoms with van der Waals surface area (Å²) in [6.07, 6.45) is 12.9. The Morgan fingerprint density at radius 2 is 1.46 bits per heavy atom. The van der Waals surface area contributed by atoms with Crippen molar-refractivity contribution in [1.82, 2.24) is 5.43 Å². The van der Waals surface area contributed by atoms with Gasteiger partial charge in [-0.2, -0.15) is 5.10 Å². The first-order chi connectivity index (χ1) is 17.2. The number of nitrogens with one attached hydrogen (secondary N) is 1. The Balaban J connectivity index is 1.54. The van der Waals surface area contributed by atoms with Crippen LogP contribution in [0.3, 0.4) is 0 Å². The molecule has 0 heterocycles. The molecule has 0 saturated heterocycles. The second kappa shape index (κ2) is 14.7. The third kappa shape index (κ3) is 8.67. The van der Waals surface area contributed by atoms with E-state index in [2.05, 4.69) is 17.5 Å². The number of nitrogens with zero attached hydrogens (tertiary/aromatic N) is 1. The fourth-order valence-electron chi connectivity index (χ4n) is 4.05. The zero-order valence-corrected chi connectivity index (χ0v) is 20.7. The van der Waals surface area contributed by atoms with Gasteiger partial charge in [-0.25, -0.2) is 10.2 Å². The third-order valence-corrected chi connectivity index (χ3v) is 6.03. The maximum atomic E-state index is 12.6. The van der Waals surface area contributed by atoms with Crippen LogP contribution in [-0.4, -0.2) is 18.1 Å². The molecular formula is C30H36N2O3. The van der Waals surface area contributed by atoms with E-state index in [1.807, 2.05) is 36.4 Å². The lowest BCUT2D eigenvalue weighted by molar-refractivity contribution is -0.121. The van der Waals surface area contributed by atoms with Crippen molar-refractivity contribution in [1.29, 1.82) is 0 Å². The first-order valence-corrected chi connectivity index (χ1v) is 12.8. The Morgan fingerprint density at radius 3 is 2.20 bits per heavy atom. The number of ether oxygens (including phenoxy) is 1. The van der Waals surface area contributed by atoms with Gasteiger partial charge in [0.1, 0.15) is 5.75 Å². The van der Waals surface area contributed by atoms with Gasteiger partial charge in [0.05, 0.1) is 11.8 Å². The zero-order chi connectivity index (χ0) is 24.7. The largest absolute Gasteiger partial charge is 0.422 e. The van der Waals surface area contributed by atoms with E-state index in [9.17, 15) is 9.59 Å². The summed E-state index contributed by atoms with van der Waals surface area (Å²) >= 11 is 0. The van der Waals surface area contributed by atoms with E-state index < -0.39 is 5.97 Å². The molecule has 0 unspecified atom stereocenters. The first kappa shape index (κ1) is 26.1. The topological polar surface area (TPSA) is 67.8 Å². The second-order valence-electron chi connectivity index (χ2n) is 8.83. The van der Waals surface area contributed by atoms with E-state index in [0.717, 1.165) is 23.6 Å². The van der Waals surface area contributed by atoms with Crippen LogP contribution < -0.4 is 10.2 Å². The molecule has 5 nitrogen and oxygen atoms in total. The number of hydrogen-bond acceptors (Lipinski definition) is 4. The molecule has 0 aliphatic carbocycles. The first-order valence-electron chi connectivity index (χ1n) is 12.8. The highest BCUT2D eigenvalue weighted by atomic mass is 16.5. The molecule has 3 rings (SSSR count). The highest BCUT2D eigenvalue weighted by Gasteiger charge is 2.13. The van der Waals surface area contributed by atoms with Crippen molar-refractivity contribution in [3.63, 3.8) is 0 Å². The van der Waals surface area contributed by atoms with E-state index in [1.54, 1.807) is 36.5 Å². The summed E-state index contributed by atoms with van der Waals surface area (Å²) in [6.45, 7) is 2.23. The number of rotatable bonds is 14. The average molecular weight is 473 g/mol. The van der Waals surface area contributed by atoms with Gasteiger partial charge in [0, 0.05) is 12.0 Å². The van der Waals surface area contributed by atoms with Crippen LogP contribution in [0.4, 0.5) is 0 Å². The molecule has 0 radical (unpaired) electrons. The van der Waals surface area contributed by atoms with Crippen LogP contribution in [0.2, 0.25) is 0 Å². The third-order valence-electron chi connectivity index (χ3n) is 6.03. The lowest BCUT2D eigenvalue weighted by atomic mass is 10.0.